The van der Waals surface area contributed by atoms with E-state index >= 15 is 0 Å². The fourth-order valence-corrected chi connectivity index (χ4v) is 5.73. The van der Waals surface area contributed by atoms with Crippen LogP contribution in [0.5, 0.6) is 0 Å². The molecule has 6 rings (SSSR count). The van der Waals surface area contributed by atoms with Crippen molar-refractivity contribution in [2.24, 2.45) is 0 Å². The van der Waals surface area contributed by atoms with Crippen molar-refractivity contribution in [3.63, 3.8) is 0 Å². The van der Waals surface area contributed by atoms with Gasteiger partial charge in [0.1, 0.15) is 0 Å². The zero-order valence-electron chi connectivity index (χ0n) is 29.9. The van der Waals surface area contributed by atoms with Gasteiger partial charge in [-0.05, 0) is 60.4 Å². The maximum atomic E-state index is 13.1. The zero-order valence-corrected chi connectivity index (χ0v) is 34.9. The standard InChI is InChI=1S/2C19H13F6.C2H6Si.2ClH.Zr/c2*1-2-11-6-12-4-3-5-16(17(12)7-11)13-8-14(18(20,21)22)10-15(9-13)19(23,24)25;1-3-2;;;/h2*3-10H,2H2,1H3;1-2H3;2*1H;/q2*-1;;;;+4/p-2. The Bertz CT molecular complexity index is 1970. The molecule has 0 saturated carbocycles. The van der Waals surface area contributed by atoms with Crippen molar-refractivity contribution in [2.45, 2.75) is 64.5 Å². The minimum atomic E-state index is -4.86. The normalized spacial score (nSPS) is 11.9. The van der Waals surface area contributed by atoms with Crippen molar-refractivity contribution in [1.82, 2.24) is 0 Å². The molecule has 56 heavy (non-hydrogen) atoms. The van der Waals surface area contributed by atoms with Crippen LogP contribution in [0.3, 0.4) is 0 Å². The van der Waals surface area contributed by atoms with Gasteiger partial charge in [-0.15, -0.1) is 69.1 Å². The molecule has 6 aromatic carbocycles. The van der Waals surface area contributed by atoms with Gasteiger partial charge in [-0.1, -0.05) is 50.2 Å². The van der Waals surface area contributed by atoms with E-state index in [-0.39, 0.29) is 23.3 Å². The number of hydrogen-bond donors (Lipinski definition) is 0. The average Bonchev–Trinajstić information content (AvgIpc) is 3.75. The molecule has 6 aromatic rings. The summed E-state index contributed by atoms with van der Waals surface area (Å²) >= 11 is -0.826. The van der Waals surface area contributed by atoms with E-state index < -0.39 is 67.8 Å². The van der Waals surface area contributed by atoms with Crippen LogP contribution in [0.1, 0.15) is 47.2 Å². The predicted octanol–water partition coefficient (Wildman–Crippen LogP) is 15.8. The average molecular weight is 931 g/mol. The van der Waals surface area contributed by atoms with E-state index in [1.165, 1.54) is 12.1 Å². The topological polar surface area (TPSA) is 0 Å². The molecule has 298 valence electrons. The molecule has 0 fully saturated rings. The van der Waals surface area contributed by atoms with Crippen LogP contribution in [0.25, 0.3) is 43.8 Å². The van der Waals surface area contributed by atoms with Crippen molar-refractivity contribution >= 4 is 48.1 Å². The van der Waals surface area contributed by atoms with Gasteiger partial charge >= 0.3 is 62.6 Å². The summed E-state index contributed by atoms with van der Waals surface area (Å²) in [6.45, 7) is 8.17. The Hall–Kier alpha value is -3.06. The van der Waals surface area contributed by atoms with E-state index in [2.05, 4.69) is 13.1 Å². The van der Waals surface area contributed by atoms with Crippen LogP contribution < -0.4 is 0 Å². The molecule has 2 radical (unpaired) electrons. The van der Waals surface area contributed by atoms with Crippen molar-refractivity contribution in [2.75, 3.05) is 0 Å². The van der Waals surface area contributed by atoms with Gasteiger partial charge in [-0.25, -0.2) is 0 Å². The molecule has 16 heteroatoms. The molecule has 0 N–H and O–H groups in total. The number of benzene rings is 4. The van der Waals surface area contributed by atoms with Crippen LogP contribution in [-0.4, -0.2) is 9.52 Å². The number of rotatable bonds is 4. The van der Waals surface area contributed by atoms with Gasteiger partial charge in [0.2, 0.25) is 0 Å². The van der Waals surface area contributed by atoms with Crippen molar-refractivity contribution in [1.29, 1.82) is 0 Å². The summed E-state index contributed by atoms with van der Waals surface area (Å²) in [6, 6.07) is 20.6. The molecule has 0 unspecified atom stereocenters. The molecule has 0 aliphatic rings. The van der Waals surface area contributed by atoms with Crippen LogP contribution in [0.2, 0.25) is 13.1 Å². The van der Waals surface area contributed by atoms with Crippen LogP contribution in [-0.2, 0) is 58.4 Å². The van der Waals surface area contributed by atoms with Crippen LogP contribution in [0, 0.1) is 0 Å². The first-order valence-electron chi connectivity index (χ1n) is 16.5. The summed E-state index contributed by atoms with van der Waals surface area (Å²) in [7, 11) is 11.0. The fraction of sp³-hybridized carbons (Fsp3) is 0.250. The second-order valence-corrected chi connectivity index (χ2v) is 16.9. The second kappa shape index (κ2) is 19.6. The van der Waals surface area contributed by atoms with E-state index in [1.807, 2.05) is 26.0 Å². The van der Waals surface area contributed by atoms with Gasteiger partial charge in [-0.3, -0.25) is 0 Å². The van der Waals surface area contributed by atoms with Gasteiger partial charge in [0.25, 0.3) is 0 Å². The first-order chi connectivity index (χ1) is 26.0. The van der Waals surface area contributed by atoms with Crippen LogP contribution in [0.4, 0.5) is 52.7 Å². The molecule has 0 bridgehead atoms. The van der Waals surface area contributed by atoms with Gasteiger partial charge in [0, 0.05) is 9.52 Å². The summed E-state index contributed by atoms with van der Waals surface area (Å²) in [5.41, 5.74) is -2.76. The minimum absolute atomic E-state index is 0.0963. The summed E-state index contributed by atoms with van der Waals surface area (Å²) in [5.74, 6) is 0. The van der Waals surface area contributed by atoms with Crippen LogP contribution in [0.15, 0.2) is 97.1 Å². The van der Waals surface area contributed by atoms with Crippen molar-refractivity contribution in [3.8, 4) is 22.3 Å². The third-order valence-corrected chi connectivity index (χ3v) is 8.23. The van der Waals surface area contributed by atoms with Crippen molar-refractivity contribution in [3.05, 3.63) is 130 Å². The molecule has 0 saturated heterocycles. The molecular weight excluding hydrogens is 899 g/mol. The second-order valence-electron chi connectivity index (χ2n) is 12.2. The van der Waals surface area contributed by atoms with E-state index in [4.69, 9.17) is 17.0 Å². The first kappa shape index (κ1) is 47.3. The number of halogens is 14. The number of fused-ring (bicyclic) bond motifs is 2. The summed E-state index contributed by atoms with van der Waals surface area (Å²) in [6.07, 6.45) is -18.0. The monoisotopic (exact) mass is 928 g/mol. The molecule has 0 amide bonds. The van der Waals surface area contributed by atoms with Gasteiger partial charge in [0.15, 0.2) is 0 Å². The molecule has 0 spiro atoms. The first-order valence-corrected chi connectivity index (χ1v) is 24.9. The third kappa shape index (κ3) is 12.5. The molecule has 0 aromatic heterocycles. The molecule has 0 aliphatic carbocycles. The molecule has 0 nitrogen and oxygen atoms in total. The third-order valence-electron chi connectivity index (χ3n) is 8.23. The maximum absolute atomic E-state index is 13.1. The van der Waals surface area contributed by atoms with E-state index in [0.29, 0.717) is 21.9 Å². The van der Waals surface area contributed by atoms with E-state index in [0.717, 1.165) is 68.5 Å². The van der Waals surface area contributed by atoms with Gasteiger partial charge in [0.05, 0.1) is 22.3 Å². The molecule has 0 heterocycles. The summed E-state index contributed by atoms with van der Waals surface area (Å²) in [4.78, 5) is 0. The quantitative estimate of drug-likeness (QED) is 0.0939. The molecular formula is C40H32Cl2F12SiZr. The Kier molecular flexibility index (Phi) is 16.6. The Morgan fingerprint density at radius 1 is 0.500 bits per heavy atom. The van der Waals surface area contributed by atoms with Gasteiger partial charge < -0.3 is 0 Å². The van der Waals surface area contributed by atoms with E-state index in [9.17, 15) is 52.7 Å². The van der Waals surface area contributed by atoms with E-state index in [1.54, 1.807) is 36.4 Å². The SMILES string of the molecule is CCc1cc2c(-c3cc(C(F)(F)F)cc(C(F)(F)F)c3)cccc2[cH-]1.CCc1cc2c(-c3cc(C(F)(F)F)cc(C(F)(F)F)c3)cccc2[cH-]1.C[Si]C.[Cl][Zr+2][Cl]. The molecule has 0 aliphatic heterocycles. The predicted molar refractivity (Wildman–Crippen MR) is 198 cm³/mol. The van der Waals surface area contributed by atoms with Crippen LogP contribution >= 0.6 is 17.0 Å². The Balaban J connectivity index is 0.000000264. The Morgan fingerprint density at radius 2 is 0.768 bits per heavy atom. The van der Waals surface area contributed by atoms with Crippen molar-refractivity contribution < 1.29 is 73.5 Å². The fourth-order valence-electron chi connectivity index (χ4n) is 5.73. The summed E-state index contributed by atoms with van der Waals surface area (Å²) < 4.78 is 157. The van der Waals surface area contributed by atoms with Gasteiger partial charge in [-0.2, -0.15) is 64.8 Å². The summed E-state index contributed by atoms with van der Waals surface area (Å²) in [5, 5.41) is 2.87. The molecule has 0 atom stereocenters. The zero-order chi connectivity index (χ0) is 42.2. The Labute approximate surface area is 337 Å². The number of alkyl halides is 12. The number of hydrogen-bond acceptors (Lipinski definition) is 0. The Morgan fingerprint density at radius 3 is 1.00 bits per heavy atom. The number of aryl methyl sites for hydroxylation is 2.